The molecule has 0 atom stereocenters. The smallest absolute Gasteiger partial charge is 0.0274 e. The largest absolute Gasteiger partial charge is 0.0620 e. The van der Waals surface area contributed by atoms with Crippen LogP contribution in [0.25, 0.3) is 0 Å². The van der Waals surface area contributed by atoms with Gasteiger partial charge < -0.3 is 0 Å². The van der Waals surface area contributed by atoms with Crippen molar-refractivity contribution in [3.05, 3.63) is 35.4 Å². The summed E-state index contributed by atoms with van der Waals surface area (Å²) in [5, 5.41) is 0. The third-order valence-corrected chi connectivity index (χ3v) is 6.71. The summed E-state index contributed by atoms with van der Waals surface area (Å²) in [5.74, 6) is 2.00. The van der Waals surface area contributed by atoms with Gasteiger partial charge in [-0.2, -0.15) is 0 Å². The summed E-state index contributed by atoms with van der Waals surface area (Å²) in [4.78, 5) is 0. The summed E-state index contributed by atoms with van der Waals surface area (Å²) in [6.45, 7) is 0. The van der Waals surface area contributed by atoms with E-state index in [-0.39, 0.29) is 0 Å². The minimum Gasteiger partial charge on any atom is -0.0620 e. The van der Waals surface area contributed by atoms with Gasteiger partial charge in [0.25, 0.3) is 0 Å². The molecule has 0 aromatic heterocycles. The molecule has 0 saturated heterocycles. The normalized spacial score (nSPS) is 21.3. The van der Waals surface area contributed by atoms with Gasteiger partial charge in [0, 0.05) is 0 Å². The van der Waals surface area contributed by atoms with E-state index in [1.54, 1.807) is 11.1 Å². The molecule has 2 aliphatic rings. The molecule has 0 bridgehead atoms. The molecular weight excluding hydrogens is 288 g/mol. The molecule has 2 fully saturated rings. The minimum atomic E-state index is 1.00. The molecule has 1 aromatic rings. The Balaban J connectivity index is 1.50. The van der Waals surface area contributed by atoms with Crippen LogP contribution in [0.5, 0.6) is 0 Å². The van der Waals surface area contributed by atoms with Gasteiger partial charge in [-0.05, 0) is 48.6 Å². The maximum absolute atomic E-state index is 2.42. The van der Waals surface area contributed by atoms with Gasteiger partial charge in [-0.1, -0.05) is 101 Å². The van der Waals surface area contributed by atoms with Crippen LogP contribution >= 0.6 is 0 Å². The molecule has 134 valence electrons. The fourth-order valence-corrected chi connectivity index (χ4v) is 5.07. The maximum Gasteiger partial charge on any atom is -0.0274 e. The quantitative estimate of drug-likeness (QED) is 0.475. The summed E-state index contributed by atoms with van der Waals surface area (Å²) in [6, 6.07) is 9.35. The van der Waals surface area contributed by atoms with Crippen LogP contribution in [-0.4, -0.2) is 0 Å². The fraction of sp³-hybridized carbons (Fsp3) is 0.750. The predicted molar refractivity (Wildman–Crippen MR) is 105 cm³/mol. The Kier molecular flexibility index (Phi) is 7.71. The zero-order valence-corrected chi connectivity index (χ0v) is 15.8. The Bertz CT molecular complexity index is 402. The van der Waals surface area contributed by atoms with Crippen LogP contribution in [0.15, 0.2) is 24.3 Å². The van der Waals surface area contributed by atoms with E-state index in [4.69, 9.17) is 0 Å². The van der Waals surface area contributed by atoms with Crippen LogP contribution < -0.4 is 0 Å². The molecule has 0 nitrogen and oxygen atoms in total. The molecule has 1 aromatic carbocycles. The van der Waals surface area contributed by atoms with E-state index < -0.39 is 0 Å². The van der Waals surface area contributed by atoms with Gasteiger partial charge in [0.2, 0.25) is 0 Å². The van der Waals surface area contributed by atoms with Gasteiger partial charge in [0.1, 0.15) is 0 Å². The van der Waals surface area contributed by atoms with Crippen LogP contribution in [0.2, 0.25) is 0 Å². The van der Waals surface area contributed by atoms with Crippen molar-refractivity contribution in [3.8, 4) is 0 Å². The van der Waals surface area contributed by atoms with Crippen LogP contribution in [0.4, 0.5) is 0 Å². The van der Waals surface area contributed by atoms with Gasteiger partial charge in [-0.3, -0.25) is 0 Å². The second-order valence-corrected chi connectivity index (χ2v) is 8.56. The highest BCUT2D eigenvalue weighted by atomic mass is 14.2. The van der Waals surface area contributed by atoms with E-state index in [2.05, 4.69) is 24.3 Å². The Labute approximate surface area is 150 Å². The minimum absolute atomic E-state index is 1.00. The molecule has 0 N–H and O–H groups in total. The van der Waals surface area contributed by atoms with E-state index >= 15 is 0 Å². The van der Waals surface area contributed by atoms with Crippen LogP contribution in [0, 0.1) is 11.8 Å². The number of benzene rings is 1. The second kappa shape index (κ2) is 10.3. The summed E-state index contributed by atoms with van der Waals surface area (Å²) in [5.41, 5.74) is 3.32. The molecule has 0 amide bonds. The van der Waals surface area contributed by atoms with Gasteiger partial charge in [0.05, 0.1) is 0 Å². The summed E-state index contributed by atoms with van der Waals surface area (Å²) >= 11 is 0. The lowest BCUT2D eigenvalue weighted by Gasteiger charge is -2.17. The second-order valence-electron chi connectivity index (χ2n) is 8.56. The third-order valence-electron chi connectivity index (χ3n) is 6.71. The van der Waals surface area contributed by atoms with Gasteiger partial charge >= 0.3 is 0 Å². The van der Waals surface area contributed by atoms with Crippen LogP contribution in [0.3, 0.4) is 0 Å². The average Bonchev–Trinajstić information content (AvgIpc) is 3.04. The van der Waals surface area contributed by atoms with Crippen molar-refractivity contribution in [3.63, 3.8) is 0 Å². The van der Waals surface area contributed by atoms with E-state index in [9.17, 15) is 0 Å². The van der Waals surface area contributed by atoms with Crippen LogP contribution in [0.1, 0.15) is 101 Å². The van der Waals surface area contributed by atoms with E-state index in [1.165, 1.54) is 103 Å². The first kappa shape index (κ1) is 18.0. The molecule has 0 heterocycles. The van der Waals surface area contributed by atoms with E-state index in [0.717, 1.165) is 11.8 Å². The molecule has 2 aliphatic carbocycles. The van der Waals surface area contributed by atoms with Gasteiger partial charge in [-0.15, -0.1) is 0 Å². The van der Waals surface area contributed by atoms with Gasteiger partial charge in [-0.25, -0.2) is 0 Å². The highest BCUT2D eigenvalue weighted by Gasteiger charge is 2.15. The highest BCUT2D eigenvalue weighted by Crippen LogP contribution is 2.29. The first-order valence-electron chi connectivity index (χ1n) is 11.0. The SMILES string of the molecule is c1ccc(CCC2CCCCCC2)c(CCC2CCCCCC2)c1. The number of rotatable bonds is 6. The summed E-state index contributed by atoms with van der Waals surface area (Å²) < 4.78 is 0. The summed E-state index contributed by atoms with van der Waals surface area (Å²) in [7, 11) is 0. The Morgan fingerprint density at radius 2 is 0.917 bits per heavy atom. The zero-order chi connectivity index (χ0) is 16.5. The van der Waals surface area contributed by atoms with Crippen molar-refractivity contribution in [2.45, 2.75) is 103 Å². The molecule has 3 rings (SSSR count). The Hall–Kier alpha value is -0.780. The predicted octanol–water partition coefficient (Wildman–Crippen LogP) is 7.49. The number of aryl methyl sites for hydroxylation is 2. The van der Waals surface area contributed by atoms with Crippen molar-refractivity contribution in [2.75, 3.05) is 0 Å². The molecule has 0 aliphatic heterocycles. The Morgan fingerprint density at radius 3 is 1.29 bits per heavy atom. The van der Waals surface area contributed by atoms with E-state index in [1.807, 2.05) is 0 Å². The van der Waals surface area contributed by atoms with Crippen LogP contribution in [-0.2, 0) is 12.8 Å². The third kappa shape index (κ3) is 5.94. The topological polar surface area (TPSA) is 0 Å². The maximum atomic E-state index is 2.42. The average molecular weight is 327 g/mol. The standard InChI is InChI=1S/C24H38/c1-2-6-12-21(11-5-1)17-19-23-15-9-10-16-24(23)20-18-22-13-7-3-4-8-14-22/h9-10,15-16,21-22H,1-8,11-14,17-20H2. The van der Waals surface area contributed by atoms with Crippen molar-refractivity contribution >= 4 is 0 Å². The molecule has 2 saturated carbocycles. The molecule has 0 radical (unpaired) electrons. The lowest BCUT2D eigenvalue weighted by atomic mass is 9.88. The first-order valence-corrected chi connectivity index (χ1v) is 11.0. The lowest BCUT2D eigenvalue weighted by molar-refractivity contribution is 0.422. The highest BCUT2D eigenvalue weighted by molar-refractivity contribution is 5.27. The monoisotopic (exact) mass is 326 g/mol. The van der Waals surface area contributed by atoms with E-state index in [0.29, 0.717) is 0 Å². The lowest BCUT2D eigenvalue weighted by Crippen LogP contribution is -2.05. The summed E-state index contributed by atoms with van der Waals surface area (Å²) in [6.07, 6.45) is 23.3. The van der Waals surface area contributed by atoms with Crippen molar-refractivity contribution in [1.29, 1.82) is 0 Å². The number of hydrogen-bond donors (Lipinski definition) is 0. The van der Waals surface area contributed by atoms with Crippen molar-refractivity contribution in [1.82, 2.24) is 0 Å². The molecule has 0 unspecified atom stereocenters. The zero-order valence-electron chi connectivity index (χ0n) is 15.8. The van der Waals surface area contributed by atoms with Crippen molar-refractivity contribution in [2.24, 2.45) is 11.8 Å². The van der Waals surface area contributed by atoms with Crippen molar-refractivity contribution < 1.29 is 0 Å². The number of hydrogen-bond acceptors (Lipinski definition) is 0. The Morgan fingerprint density at radius 1 is 0.542 bits per heavy atom. The molecular formula is C24H38. The molecule has 24 heavy (non-hydrogen) atoms. The fourth-order valence-electron chi connectivity index (χ4n) is 5.07. The molecule has 0 spiro atoms. The molecule has 0 heteroatoms. The first-order chi connectivity index (χ1) is 11.9. The van der Waals surface area contributed by atoms with Gasteiger partial charge in [0.15, 0.2) is 0 Å².